The van der Waals surface area contributed by atoms with Crippen LogP contribution in [0.1, 0.15) is 23.6 Å². The van der Waals surface area contributed by atoms with E-state index in [4.69, 9.17) is 9.47 Å². The van der Waals surface area contributed by atoms with Gasteiger partial charge in [0, 0.05) is 5.69 Å². The van der Waals surface area contributed by atoms with E-state index in [2.05, 4.69) is 10.6 Å². The Labute approximate surface area is 175 Å². The highest BCUT2D eigenvalue weighted by atomic mass is 16.5. The van der Waals surface area contributed by atoms with Crippen LogP contribution in [-0.2, 0) is 15.1 Å². The van der Waals surface area contributed by atoms with E-state index in [1.165, 1.54) is 14.2 Å². The zero-order valence-corrected chi connectivity index (χ0v) is 17.7. The van der Waals surface area contributed by atoms with Crippen molar-refractivity contribution in [2.24, 2.45) is 0 Å². The molecule has 2 aromatic rings. The highest BCUT2D eigenvalue weighted by Crippen LogP contribution is 2.35. The number of benzene rings is 2. The SMILES string of the molecule is COc1ccc(C2(C)NC(=O)N(CC(=O)Nc3cc(C)ccc3C)C2=O)cc1OC. The predicted octanol–water partition coefficient (Wildman–Crippen LogP) is 2.73. The number of hydrogen-bond donors (Lipinski definition) is 2. The number of aryl methyl sites for hydroxylation is 2. The van der Waals surface area contributed by atoms with Gasteiger partial charge in [-0.2, -0.15) is 0 Å². The van der Waals surface area contributed by atoms with Crippen molar-refractivity contribution < 1.29 is 23.9 Å². The number of carbonyl (C=O) groups is 3. The first-order valence-electron chi connectivity index (χ1n) is 9.43. The minimum absolute atomic E-state index is 0.388. The van der Waals surface area contributed by atoms with Gasteiger partial charge in [0.1, 0.15) is 12.1 Å². The maximum atomic E-state index is 13.1. The van der Waals surface area contributed by atoms with Gasteiger partial charge in [-0.3, -0.25) is 14.5 Å². The average molecular weight is 411 g/mol. The lowest BCUT2D eigenvalue weighted by molar-refractivity contribution is -0.133. The fourth-order valence-electron chi connectivity index (χ4n) is 3.39. The average Bonchev–Trinajstić information content (AvgIpc) is 2.94. The first kappa shape index (κ1) is 21.2. The fraction of sp³-hybridized carbons (Fsp3) is 0.318. The molecule has 0 aromatic heterocycles. The van der Waals surface area contributed by atoms with Crippen LogP contribution in [0.25, 0.3) is 0 Å². The highest BCUT2D eigenvalue weighted by molar-refractivity contribution is 6.10. The topological polar surface area (TPSA) is 97.0 Å². The van der Waals surface area contributed by atoms with Crippen LogP contribution >= 0.6 is 0 Å². The number of nitrogens with zero attached hydrogens (tertiary/aromatic N) is 1. The number of imide groups is 1. The third-order valence-corrected chi connectivity index (χ3v) is 5.20. The molecule has 0 bridgehead atoms. The van der Waals surface area contributed by atoms with Gasteiger partial charge in [-0.15, -0.1) is 0 Å². The zero-order chi connectivity index (χ0) is 22.1. The quantitative estimate of drug-likeness (QED) is 0.713. The van der Waals surface area contributed by atoms with E-state index >= 15 is 0 Å². The van der Waals surface area contributed by atoms with Gasteiger partial charge in [-0.25, -0.2) is 4.79 Å². The maximum Gasteiger partial charge on any atom is 0.325 e. The Bertz CT molecular complexity index is 1020. The second kappa shape index (κ2) is 8.06. The Kier molecular flexibility index (Phi) is 5.69. The number of methoxy groups -OCH3 is 2. The number of urea groups is 1. The molecule has 30 heavy (non-hydrogen) atoms. The molecule has 2 N–H and O–H groups in total. The third kappa shape index (κ3) is 3.80. The molecule has 4 amide bonds. The minimum Gasteiger partial charge on any atom is -0.493 e. The van der Waals surface area contributed by atoms with Crippen LogP contribution in [0.5, 0.6) is 11.5 Å². The van der Waals surface area contributed by atoms with Gasteiger partial charge in [-0.1, -0.05) is 18.2 Å². The molecule has 1 heterocycles. The summed E-state index contributed by atoms with van der Waals surface area (Å²) in [5, 5.41) is 5.46. The summed E-state index contributed by atoms with van der Waals surface area (Å²) in [6.07, 6.45) is 0. The Morgan fingerprint density at radius 3 is 2.43 bits per heavy atom. The smallest absolute Gasteiger partial charge is 0.325 e. The molecule has 8 heteroatoms. The standard InChI is InChI=1S/C22H25N3O5/c1-13-6-7-14(2)16(10-13)23-19(26)12-25-20(27)22(3,24-21(25)28)15-8-9-17(29-4)18(11-15)30-5/h6-11H,12H2,1-5H3,(H,23,26)(H,24,28). The van der Waals surface area contributed by atoms with Crippen molar-refractivity contribution in [1.29, 1.82) is 0 Å². The first-order valence-corrected chi connectivity index (χ1v) is 9.43. The molecule has 2 aromatic carbocycles. The van der Waals surface area contributed by atoms with E-state index in [9.17, 15) is 14.4 Å². The zero-order valence-electron chi connectivity index (χ0n) is 17.7. The van der Waals surface area contributed by atoms with E-state index in [1.54, 1.807) is 25.1 Å². The molecular formula is C22H25N3O5. The van der Waals surface area contributed by atoms with Crippen LogP contribution in [0, 0.1) is 13.8 Å². The molecule has 3 rings (SSSR count). The van der Waals surface area contributed by atoms with Gasteiger partial charge in [-0.05, 0) is 55.7 Å². The molecule has 1 aliphatic heterocycles. The summed E-state index contributed by atoms with van der Waals surface area (Å²) in [6, 6.07) is 10.0. The van der Waals surface area contributed by atoms with Gasteiger partial charge >= 0.3 is 6.03 Å². The van der Waals surface area contributed by atoms with Crippen molar-refractivity contribution in [3.63, 3.8) is 0 Å². The molecule has 8 nitrogen and oxygen atoms in total. The van der Waals surface area contributed by atoms with Crippen LogP contribution in [-0.4, -0.2) is 43.5 Å². The number of nitrogens with one attached hydrogen (secondary N) is 2. The summed E-state index contributed by atoms with van der Waals surface area (Å²) >= 11 is 0. The highest BCUT2D eigenvalue weighted by Gasteiger charge is 2.49. The van der Waals surface area contributed by atoms with Crippen molar-refractivity contribution in [3.8, 4) is 11.5 Å². The van der Waals surface area contributed by atoms with Crippen molar-refractivity contribution >= 4 is 23.5 Å². The number of amides is 4. The maximum absolute atomic E-state index is 13.1. The van der Waals surface area contributed by atoms with Gasteiger partial charge < -0.3 is 20.1 Å². The number of carbonyl (C=O) groups excluding carboxylic acids is 3. The molecule has 1 atom stereocenters. The molecule has 1 saturated heterocycles. The van der Waals surface area contributed by atoms with Crippen LogP contribution in [0.15, 0.2) is 36.4 Å². The van der Waals surface area contributed by atoms with Crippen LogP contribution in [0.4, 0.5) is 10.5 Å². The Morgan fingerprint density at radius 1 is 1.07 bits per heavy atom. The van der Waals surface area contributed by atoms with E-state index in [-0.39, 0.29) is 6.54 Å². The fourth-order valence-corrected chi connectivity index (χ4v) is 3.39. The van der Waals surface area contributed by atoms with Crippen molar-refractivity contribution in [3.05, 3.63) is 53.1 Å². The number of anilines is 1. The summed E-state index contributed by atoms with van der Waals surface area (Å²) in [6.45, 7) is 5.00. The third-order valence-electron chi connectivity index (χ3n) is 5.20. The summed E-state index contributed by atoms with van der Waals surface area (Å²) < 4.78 is 10.5. The van der Waals surface area contributed by atoms with Gasteiger partial charge in [0.15, 0.2) is 11.5 Å². The first-order chi connectivity index (χ1) is 14.2. The molecule has 0 saturated carbocycles. The molecule has 1 unspecified atom stereocenters. The Hall–Kier alpha value is -3.55. The lowest BCUT2D eigenvalue weighted by atomic mass is 9.91. The van der Waals surface area contributed by atoms with E-state index in [1.807, 2.05) is 32.0 Å². The summed E-state index contributed by atoms with van der Waals surface area (Å²) in [5.41, 5.74) is 1.73. The normalized spacial score (nSPS) is 18.2. The lowest BCUT2D eigenvalue weighted by Crippen LogP contribution is -2.42. The van der Waals surface area contributed by atoms with Gasteiger partial charge in [0.05, 0.1) is 14.2 Å². The van der Waals surface area contributed by atoms with Gasteiger partial charge in [0.2, 0.25) is 5.91 Å². The van der Waals surface area contributed by atoms with Crippen LogP contribution in [0.2, 0.25) is 0 Å². The number of hydrogen-bond acceptors (Lipinski definition) is 5. The summed E-state index contributed by atoms with van der Waals surface area (Å²) in [5.74, 6) is -0.0321. The van der Waals surface area contributed by atoms with Crippen molar-refractivity contribution in [2.45, 2.75) is 26.3 Å². The van der Waals surface area contributed by atoms with E-state index in [0.717, 1.165) is 16.0 Å². The monoisotopic (exact) mass is 411 g/mol. The van der Waals surface area contributed by atoms with E-state index < -0.39 is 23.4 Å². The number of ether oxygens (including phenoxy) is 2. The molecule has 0 radical (unpaired) electrons. The summed E-state index contributed by atoms with van der Waals surface area (Å²) in [4.78, 5) is 39.1. The second-order valence-corrected chi connectivity index (χ2v) is 7.38. The second-order valence-electron chi connectivity index (χ2n) is 7.38. The van der Waals surface area contributed by atoms with Crippen LogP contribution < -0.4 is 20.1 Å². The Balaban J connectivity index is 1.80. The molecule has 1 fully saturated rings. The minimum atomic E-state index is -1.32. The predicted molar refractivity (Wildman–Crippen MR) is 112 cm³/mol. The number of rotatable bonds is 6. The largest absolute Gasteiger partial charge is 0.493 e. The molecule has 0 spiro atoms. The molecule has 1 aliphatic rings. The molecule has 158 valence electrons. The Morgan fingerprint density at radius 2 is 1.77 bits per heavy atom. The van der Waals surface area contributed by atoms with Crippen molar-refractivity contribution in [1.82, 2.24) is 10.2 Å². The van der Waals surface area contributed by atoms with Crippen molar-refractivity contribution in [2.75, 3.05) is 26.1 Å². The summed E-state index contributed by atoms with van der Waals surface area (Å²) in [7, 11) is 3.00. The van der Waals surface area contributed by atoms with E-state index in [0.29, 0.717) is 22.7 Å². The van der Waals surface area contributed by atoms with Gasteiger partial charge in [0.25, 0.3) is 5.91 Å². The molecule has 0 aliphatic carbocycles. The van der Waals surface area contributed by atoms with Crippen LogP contribution in [0.3, 0.4) is 0 Å². The lowest BCUT2D eigenvalue weighted by Gasteiger charge is -2.23. The molecular weight excluding hydrogens is 386 g/mol.